The molecular formula is C24H17N5O4. The highest BCUT2D eigenvalue weighted by atomic mass is 16.6. The second kappa shape index (κ2) is 9.03. The van der Waals surface area contributed by atoms with Gasteiger partial charge in [0.15, 0.2) is 5.75 Å². The minimum Gasteiger partial charge on any atom is -0.502 e. The summed E-state index contributed by atoms with van der Waals surface area (Å²) in [7, 11) is 0. The summed E-state index contributed by atoms with van der Waals surface area (Å²) in [5.74, 6) is -1.16. The number of nitrogens with zero attached hydrogens (tertiary/aromatic N) is 4. The van der Waals surface area contributed by atoms with E-state index in [9.17, 15) is 20.0 Å². The third-order valence-corrected chi connectivity index (χ3v) is 5.06. The zero-order valence-electron chi connectivity index (χ0n) is 17.2. The van der Waals surface area contributed by atoms with Crippen molar-refractivity contribution in [1.29, 1.82) is 5.26 Å². The maximum Gasteiger partial charge on any atom is 0.311 e. The summed E-state index contributed by atoms with van der Waals surface area (Å²) in [5, 5.41) is 34.5. The third-order valence-electron chi connectivity index (χ3n) is 5.06. The van der Waals surface area contributed by atoms with Crippen LogP contribution < -0.4 is 5.43 Å². The quantitative estimate of drug-likeness (QED) is 0.267. The number of nitriles is 1. The first-order valence-electron chi connectivity index (χ1n) is 9.84. The summed E-state index contributed by atoms with van der Waals surface area (Å²) in [6, 6.07) is 20.5. The SMILES string of the molecule is N#Cc1cccc(Cn2ccc3c(/C=N/NC(=O)c4ccc(O)c([N+](=O)[O-])c4)cccc32)c1. The van der Waals surface area contributed by atoms with Crippen LogP contribution in [0.5, 0.6) is 5.75 Å². The summed E-state index contributed by atoms with van der Waals surface area (Å²) in [5.41, 5.74) is 5.13. The minimum absolute atomic E-state index is 0.000566. The summed E-state index contributed by atoms with van der Waals surface area (Å²) in [4.78, 5) is 22.5. The number of phenols is 1. The number of carbonyl (C=O) groups excluding carboxylic acids is 1. The molecule has 0 aliphatic rings. The number of aromatic hydroxyl groups is 1. The molecule has 0 aliphatic carbocycles. The van der Waals surface area contributed by atoms with Crippen LogP contribution in [0.25, 0.3) is 10.9 Å². The van der Waals surface area contributed by atoms with Crippen LogP contribution in [0.3, 0.4) is 0 Å². The van der Waals surface area contributed by atoms with Crippen molar-refractivity contribution in [2.24, 2.45) is 5.10 Å². The smallest absolute Gasteiger partial charge is 0.311 e. The van der Waals surface area contributed by atoms with Crippen LogP contribution in [-0.4, -0.2) is 26.7 Å². The average molecular weight is 439 g/mol. The molecule has 0 radical (unpaired) electrons. The predicted molar refractivity (Wildman–Crippen MR) is 122 cm³/mol. The lowest BCUT2D eigenvalue weighted by Crippen LogP contribution is -2.17. The molecule has 2 N–H and O–H groups in total. The molecular weight excluding hydrogens is 422 g/mol. The highest BCUT2D eigenvalue weighted by Crippen LogP contribution is 2.26. The van der Waals surface area contributed by atoms with Gasteiger partial charge in [-0.2, -0.15) is 10.4 Å². The van der Waals surface area contributed by atoms with Gasteiger partial charge in [-0.25, -0.2) is 5.43 Å². The number of aromatic nitrogens is 1. The Morgan fingerprint density at radius 1 is 1.18 bits per heavy atom. The fourth-order valence-electron chi connectivity index (χ4n) is 3.47. The van der Waals surface area contributed by atoms with Gasteiger partial charge in [0.2, 0.25) is 0 Å². The molecule has 0 unspecified atom stereocenters. The van der Waals surface area contributed by atoms with Crippen LogP contribution in [0.15, 0.2) is 78.0 Å². The Balaban J connectivity index is 1.52. The number of nitrogens with one attached hydrogen (secondary N) is 1. The molecule has 3 aromatic carbocycles. The maximum absolute atomic E-state index is 12.3. The zero-order chi connectivity index (χ0) is 23.4. The lowest BCUT2D eigenvalue weighted by molar-refractivity contribution is -0.385. The van der Waals surface area contributed by atoms with Crippen LogP contribution in [-0.2, 0) is 6.54 Å². The average Bonchev–Trinajstić information content (AvgIpc) is 3.22. The first-order chi connectivity index (χ1) is 16.0. The Morgan fingerprint density at radius 2 is 2.00 bits per heavy atom. The van der Waals surface area contributed by atoms with Crippen molar-refractivity contribution < 1.29 is 14.8 Å². The number of hydrazone groups is 1. The summed E-state index contributed by atoms with van der Waals surface area (Å²) in [6.07, 6.45) is 3.44. The van der Waals surface area contributed by atoms with E-state index in [1.165, 1.54) is 12.3 Å². The van der Waals surface area contributed by atoms with E-state index in [1.807, 2.05) is 48.7 Å². The molecule has 0 aliphatic heterocycles. The molecule has 162 valence electrons. The molecule has 9 nitrogen and oxygen atoms in total. The Morgan fingerprint density at radius 3 is 2.79 bits per heavy atom. The Labute approximate surface area is 188 Å². The van der Waals surface area contributed by atoms with Gasteiger partial charge in [-0.15, -0.1) is 0 Å². The minimum atomic E-state index is -0.767. The summed E-state index contributed by atoms with van der Waals surface area (Å²) >= 11 is 0. The van der Waals surface area contributed by atoms with Gasteiger partial charge >= 0.3 is 5.69 Å². The number of nitro groups is 1. The first kappa shape index (κ1) is 21.3. The van der Waals surface area contributed by atoms with Crippen molar-refractivity contribution in [2.45, 2.75) is 6.54 Å². The first-order valence-corrected chi connectivity index (χ1v) is 9.84. The van der Waals surface area contributed by atoms with E-state index >= 15 is 0 Å². The number of nitro benzene ring substituents is 1. The molecule has 0 saturated carbocycles. The molecule has 9 heteroatoms. The van der Waals surface area contributed by atoms with Crippen LogP contribution in [0.1, 0.15) is 27.0 Å². The second-order valence-corrected chi connectivity index (χ2v) is 7.20. The van der Waals surface area contributed by atoms with Gasteiger partial charge in [0.1, 0.15) is 0 Å². The van der Waals surface area contributed by atoms with E-state index in [0.29, 0.717) is 12.1 Å². The van der Waals surface area contributed by atoms with Crippen molar-refractivity contribution in [2.75, 3.05) is 0 Å². The van der Waals surface area contributed by atoms with E-state index in [4.69, 9.17) is 5.26 Å². The number of benzene rings is 3. The van der Waals surface area contributed by atoms with Gasteiger partial charge in [0, 0.05) is 40.8 Å². The second-order valence-electron chi connectivity index (χ2n) is 7.20. The molecule has 0 saturated heterocycles. The third kappa shape index (κ3) is 4.55. The number of hydrogen-bond acceptors (Lipinski definition) is 6. The Bertz CT molecular complexity index is 1450. The fraction of sp³-hybridized carbons (Fsp3) is 0.0417. The molecule has 4 rings (SSSR count). The summed E-state index contributed by atoms with van der Waals surface area (Å²) in [6.45, 7) is 0.593. The number of rotatable bonds is 6. The zero-order valence-corrected chi connectivity index (χ0v) is 17.2. The summed E-state index contributed by atoms with van der Waals surface area (Å²) < 4.78 is 2.05. The predicted octanol–water partition coefficient (Wildman–Crippen LogP) is 3.94. The van der Waals surface area contributed by atoms with Gasteiger partial charge in [-0.1, -0.05) is 24.3 Å². The number of carbonyl (C=O) groups is 1. The standard InChI is InChI=1S/C24H17N5O4/c25-13-16-3-1-4-17(11-16)15-28-10-9-20-19(5-2-6-21(20)28)14-26-27-24(31)18-7-8-23(30)22(12-18)29(32)33/h1-12,14,30H,15H2,(H,27,31)/b26-14+. The van der Waals surface area contributed by atoms with Gasteiger partial charge in [0.05, 0.1) is 22.8 Å². The van der Waals surface area contributed by atoms with Crippen molar-refractivity contribution in [3.8, 4) is 11.8 Å². The molecule has 0 fully saturated rings. The monoisotopic (exact) mass is 439 g/mol. The molecule has 0 spiro atoms. The molecule has 33 heavy (non-hydrogen) atoms. The molecule has 1 heterocycles. The van der Waals surface area contributed by atoms with Crippen molar-refractivity contribution in [1.82, 2.24) is 9.99 Å². The fourth-order valence-corrected chi connectivity index (χ4v) is 3.47. The maximum atomic E-state index is 12.3. The van der Waals surface area contributed by atoms with Crippen molar-refractivity contribution in [3.63, 3.8) is 0 Å². The van der Waals surface area contributed by atoms with E-state index < -0.39 is 22.3 Å². The van der Waals surface area contributed by atoms with E-state index in [-0.39, 0.29) is 5.56 Å². The Hall–Kier alpha value is -4.97. The molecule has 0 atom stereocenters. The van der Waals surface area contributed by atoms with Crippen molar-refractivity contribution >= 4 is 28.7 Å². The number of amides is 1. The van der Waals surface area contributed by atoms with Crippen LogP contribution >= 0.6 is 0 Å². The lowest BCUT2D eigenvalue weighted by atomic mass is 10.1. The van der Waals surface area contributed by atoms with E-state index in [0.717, 1.165) is 34.2 Å². The molecule has 4 aromatic rings. The normalized spacial score (nSPS) is 10.9. The van der Waals surface area contributed by atoms with Crippen LogP contribution in [0.2, 0.25) is 0 Å². The van der Waals surface area contributed by atoms with Gasteiger partial charge < -0.3 is 9.67 Å². The Kier molecular flexibility index (Phi) is 5.82. The highest BCUT2D eigenvalue weighted by molar-refractivity contribution is 6.00. The van der Waals surface area contributed by atoms with Gasteiger partial charge in [-0.05, 0) is 42.0 Å². The topological polar surface area (TPSA) is 134 Å². The van der Waals surface area contributed by atoms with Crippen molar-refractivity contribution in [3.05, 3.63) is 105 Å². The van der Waals surface area contributed by atoms with Gasteiger partial charge in [-0.3, -0.25) is 14.9 Å². The number of phenolic OH excluding ortho intramolecular Hbond substituents is 1. The van der Waals surface area contributed by atoms with Gasteiger partial charge in [0.25, 0.3) is 5.91 Å². The highest BCUT2D eigenvalue weighted by Gasteiger charge is 2.16. The van der Waals surface area contributed by atoms with E-state index in [1.54, 1.807) is 6.07 Å². The lowest BCUT2D eigenvalue weighted by Gasteiger charge is -2.07. The van der Waals surface area contributed by atoms with Crippen LogP contribution in [0.4, 0.5) is 5.69 Å². The number of hydrogen-bond donors (Lipinski definition) is 2. The largest absolute Gasteiger partial charge is 0.502 e. The van der Waals surface area contributed by atoms with E-state index in [2.05, 4.69) is 21.2 Å². The molecule has 1 amide bonds. The molecule has 0 bridgehead atoms. The number of fused-ring (bicyclic) bond motifs is 1. The molecule has 1 aromatic heterocycles. The van der Waals surface area contributed by atoms with Crippen LogP contribution in [0, 0.1) is 21.4 Å².